The van der Waals surface area contributed by atoms with Crippen LogP contribution in [0.4, 0.5) is 0 Å². The Morgan fingerprint density at radius 3 is 2.67 bits per heavy atom. The number of hydrogen-bond donors (Lipinski definition) is 0. The van der Waals surface area contributed by atoms with Crippen molar-refractivity contribution in [3.8, 4) is 0 Å². The lowest BCUT2D eigenvalue weighted by Crippen LogP contribution is -2.54. The fourth-order valence-electron chi connectivity index (χ4n) is 3.18. The molecule has 1 nitrogen and oxygen atoms in total. The van der Waals surface area contributed by atoms with E-state index in [0.29, 0.717) is 5.54 Å². The minimum absolute atomic E-state index is 0.566. The fourth-order valence-corrected chi connectivity index (χ4v) is 3.18. The third-order valence-corrected chi connectivity index (χ3v) is 4.28. The van der Waals surface area contributed by atoms with Crippen LogP contribution in [0, 0.1) is 5.92 Å². The van der Waals surface area contributed by atoms with Crippen molar-refractivity contribution >= 4 is 0 Å². The van der Waals surface area contributed by atoms with Crippen molar-refractivity contribution in [1.29, 1.82) is 0 Å². The number of nitrogens with zero attached hydrogens (tertiary/aromatic N) is 1. The number of fused-ring (bicyclic) bond motifs is 1. The standard InChI is InChI=1S/C11H21N/c1-11-8-4-3-6-10(11)7-5-9-12(11)2/h10H,3-9H2,1-2H3. The van der Waals surface area contributed by atoms with E-state index >= 15 is 0 Å². The number of rotatable bonds is 0. The van der Waals surface area contributed by atoms with Crippen molar-refractivity contribution in [2.24, 2.45) is 5.92 Å². The summed E-state index contributed by atoms with van der Waals surface area (Å²) in [6, 6.07) is 0. The first-order valence-corrected chi connectivity index (χ1v) is 5.45. The summed E-state index contributed by atoms with van der Waals surface area (Å²) >= 11 is 0. The van der Waals surface area contributed by atoms with Crippen LogP contribution in [0.2, 0.25) is 0 Å². The van der Waals surface area contributed by atoms with Gasteiger partial charge in [0.15, 0.2) is 0 Å². The molecule has 0 aromatic carbocycles. The Kier molecular flexibility index (Phi) is 2.16. The lowest BCUT2D eigenvalue weighted by Gasteiger charge is -2.51. The normalized spacial score (nSPS) is 44.0. The van der Waals surface area contributed by atoms with Crippen LogP contribution in [0.1, 0.15) is 45.4 Å². The molecule has 0 amide bonds. The molecule has 70 valence electrons. The number of piperidine rings is 1. The summed E-state index contributed by atoms with van der Waals surface area (Å²) in [5.41, 5.74) is 0.566. The van der Waals surface area contributed by atoms with Crippen LogP contribution in [0.15, 0.2) is 0 Å². The predicted molar refractivity (Wildman–Crippen MR) is 52.2 cm³/mol. The second kappa shape index (κ2) is 3.02. The second-order valence-electron chi connectivity index (χ2n) is 4.86. The molecule has 1 saturated carbocycles. The third-order valence-electron chi connectivity index (χ3n) is 4.28. The molecule has 2 atom stereocenters. The zero-order valence-electron chi connectivity index (χ0n) is 8.47. The maximum Gasteiger partial charge on any atom is 0.0206 e. The predicted octanol–water partition coefficient (Wildman–Crippen LogP) is 2.66. The van der Waals surface area contributed by atoms with Gasteiger partial charge in [-0.25, -0.2) is 0 Å². The van der Waals surface area contributed by atoms with Gasteiger partial charge in [-0.3, -0.25) is 0 Å². The van der Waals surface area contributed by atoms with Crippen molar-refractivity contribution in [1.82, 2.24) is 4.90 Å². The van der Waals surface area contributed by atoms with Gasteiger partial charge in [0.05, 0.1) is 0 Å². The van der Waals surface area contributed by atoms with Gasteiger partial charge in [0.1, 0.15) is 0 Å². The molecule has 12 heavy (non-hydrogen) atoms. The molecule has 0 radical (unpaired) electrons. The zero-order valence-corrected chi connectivity index (χ0v) is 8.47. The molecule has 2 unspecified atom stereocenters. The Bertz CT molecular complexity index is 164. The SMILES string of the molecule is CN1CCCC2CCCCC21C. The lowest BCUT2D eigenvalue weighted by atomic mass is 9.69. The van der Waals surface area contributed by atoms with Gasteiger partial charge in [0, 0.05) is 5.54 Å². The summed E-state index contributed by atoms with van der Waals surface area (Å²) in [6.45, 7) is 3.81. The molecule has 0 N–H and O–H groups in total. The van der Waals surface area contributed by atoms with Crippen molar-refractivity contribution in [3.63, 3.8) is 0 Å². The van der Waals surface area contributed by atoms with Crippen LogP contribution >= 0.6 is 0 Å². The summed E-state index contributed by atoms with van der Waals surface area (Å²) in [6.07, 6.45) is 8.78. The third kappa shape index (κ3) is 1.19. The molecule has 1 heterocycles. The van der Waals surface area contributed by atoms with E-state index in [4.69, 9.17) is 0 Å². The quantitative estimate of drug-likeness (QED) is 0.536. The highest BCUT2D eigenvalue weighted by Crippen LogP contribution is 2.42. The molecule has 0 aromatic heterocycles. The molecule has 2 aliphatic rings. The minimum Gasteiger partial charge on any atom is -0.301 e. The topological polar surface area (TPSA) is 3.24 Å². The van der Waals surface area contributed by atoms with Crippen LogP contribution in [0.25, 0.3) is 0 Å². The number of hydrogen-bond acceptors (Lipinski definition) is 1. The van der Waals surface area contributed by atoms with E-state index in [1.807, 2.05) is 0 Å². The Labute approximate surface area is 76.1 Å². The van der Waals surface area contributed by atoms with E-state index in [9.17, 15) is 0 Å². The lowest BCUT2D eigenvalue weighted by molar-refractivity contribution is -0.00191. The van der Waals surface area contributed by atoms with Gasteiger partial charge < -0.3 is 4.90 Å². The number of likely N-dealkylation sites (tertiary alicyclic amines) is 1. The average molecular weight is 167 g/mol. The molecule has 1 saturated heterocycles. The van der Waals surface area contributed by atoms with Gasteiger partial charge in [-0.1, -0.05) is 12.8 Å². The van der Waals surface area contributed by atoms with E-state index in [1.54, 1.807) is 0 Å². The van der Waals surface area contributed by atoms with Crippen molar-refractivity contribution in [3.05, 3.63) is 0 Å². The maximum atomic E-state index is 2.61. The Balaban J connectivity index is 2.14. The summed E-state index contributed by atoms with van der Waals surface area (Å²) in [5, 5.41) is 0. The van der Waals surface area contributed by atoms with Gasteiger partial charge >= 0.3 is 0 Å². The van der Waals surface area contributed by atoms with E-state index < -0.39 is 0 Å². The monoisotopic (exact) mass is 167 g/mol. The van der Waals surface area contributed by atoms with E-state index in [-0.39, 0.29) is 0 Å². The highest BCUT2D eigenvalue weighted by Gasteiger charge is 2.41. The Morgan fingerprint density at radius 1 is 1.17 bits per heavy atom. The first-order chi connectivity index (χ1) is 5.73. The van der Waals surface area contributed by atoms with E-state index in [2.05, 4.69) is 18.9 Å². The van der Waals surface area contributed by atoms with E-state index in [0.717, 1.165) is 5.92 Å². The van der Waals surface area contributed by atoms with Gasteiger partial charge in [0.25, 0.3) is 0 Å². The largest absolute Gasteiger partial charge is 0.301 e. The summed E-state index contributed by atoms with van der Waals surface area (Å²) in [5.74, 6) is 1.00. The first-order valence-electron chi connectivity index (χ1n) is 5.45. The molecule has 0 aromatic rings. The second-order valence-corrected chi connectivity index (χ2v) is 4.86. The van der Waals surface area contributed by atoms with E-state index in [1.165, 1.54) is 45.1 Å². The van der Waals surface area contributed by atoms with Crippen molar-refractivity contribution in [2.45, 2.75) is 51.0 Å². The highest BCUT2D eigenvalue weighted by molar-refractivity contribution is 4.96. The van der Waals surface area contributed by atoms with Crippen LogP contribution in [0.3, 0.4) is 0 Å². The van der Waals surface area contributed by atoms with Gasteiger partial charge in [-0.2, -0.15) is 0 Å². The van der Waals surface area contributed by atoms with Crippen LogP contribution < -0.4 is 0 Å². The summed E-state index contributed by atoms with van der Waals surface area (Å²) in [7, 11) is 2.32. The van der Waals surface area contributed by atoms with Gasteiger partial charge in [-0.15, -0.1) is 0 Å². The summed E-state index contributed by atoms with van der Waals surface area (Å²) < 4.78 is 0. The molecular weight excluding hydrogens is 146 g/mol. The molecule has 1 aliphatic carbocycles. The van der Waals surface area contributed by atoms with Crippen molar-refractivity contribution < 1.29 is 0 Å². The zero-order chi connectivity index (χ0) is 8.60. The molecular formula is C11H21N. The Hall–Kier alpha value is -0.0400. The van der Waals surface area contributed by atoms with Crippen LogP contribution in [0.5, 0.6) is 0 Å². The molecule has 2 fully saturated rings. The molecule has 1 heteroatoms. The first kappa shape index (κ1) is 8.55. The summed E-state index contributed by atoms with van der Waals surface area (Å²) in [4.78, 5) is 2.61. The fraction of sp³-hybridized carbons (Fsp3) is 1.00. The van der Waals surface area contributed by atoms with Gasteiger partial charge in [-0.05, 0) is 52.1 Å². The molecule has 0 bridgehead atoms. The van der Waals surface area contributed by atoms with Gasteiger partial charge in [0.2, 0.25) is 0 Å². The Morgan fingerprint density at radius 2 is 1.92 bits per heavy atom. The average Bonchev–Trinajstić information content (AvgIpc) is 2.07. The minimum atomic E-state index is 0.566. The maximum absolute atomic E-state index is 2.61. The highest BCUT2D eigenvalue weighted by atomic mass is 15.2. The van der Waals surface area contributed by atoms with Crippen LogP contribution in [-0.4, -0.2) is 24.0 Å². The molecule has 2 rings (SSSR count). The molecule has 0 spiro atoms. The molecule has 1 aliphatic heterocycles. The van der Waals surface area contributed by atoms with Crippen molar-refractivity contribution in [2.75, 3.05) is 13.6 Å². The van der Waals surface area contributed by atoms with Crippen LogP contribution in [-0.2, 0) is 0 Å². The smallest absolute Gasteiger partial charge is 0.0206 e.